The fourth-order valence-corrected chi connectivity index (χ4v) is 3.42. The normalized spacial score (nSPS) is 15.4. The van der Waals surface area contributed by atoms with E-state index in [0.717, 1.165) is 46.1 Å². The first-order valence-corrected chi connectivity index (χ1v) is 8.22. The lowest BCUT2D eigenvalue weighted by atomic mass is 10.2. The molecule has 0 atom stereocenters. The van der Waals surface area contributed by atoms with Crippen molar-refractivity contribution in [3.05, 3.63) is 56.9 Å². The second-order valence-electron chi connectivity index (χ2n) is 4.96. The summed E-state index contributed by atoms with van der Waals surface area (Å²) in [6.07, 6.45) is 0. The van der Waals surface area contributed by atoms with Crippen LogP contribution in [0.1, 0.15) is 0 Å². The van der Waals surface area contributed by atoms with Gasteiger partial charge in [-0.05, 0) is 46.9 Å². The van der Waals surface area contributed by atoms with Gasteiger partial charge in [0.2, 0.25) is 0 Å². The Kier molecular flexibility index (Phi) is 4.54. The Morgan fingerprint density at radius 2 is 1.71 bits per heavy atom. The zero-order chi connectivity index (χ0) is 14.8. The molecule has 0 saturated carbocycles. The lowest BCUT2D eigenvalue weighted by Gasteiger charge is -2.37. The minimum atomic E-state index is -0.301. The number of halogens is 3. The topological polar surface area (TPSA) is 6.48 Å². The molecule has 1 radical (unpaired) electrons. The Hall–Kier alpha value is -1.01. The standard InChI is InChI=1S/C16H14ClFIN2/c17-15-3-1-2-4-16(15)21-7-5-20(6-8-21)14-10-12(18)9-13(19)11-14/h1-4,10-11H,5-8H2. The van der Waals surface area contributed by atoms with Gasteiger partial charge in [0.05, 0.1) is 10.7 Å². The molecular weight excluding hydrogens is 402 g/mol. The van der Waals surface area contributed by atoms with E-state index in [1.54, 1.807) is 6.07 Å². The van der Waals surface area contributed by atoms with Crippen LogP contribution in [0.3, 0.4) is 0 Å². The van der Waals surface area contributed by atoms with Crippen molar-refractivity contribution in [1.29, 1.82) is 0 Å². The maximum atomic E-state index is 13.5. The Balaban J connectivity index is 1.72. The molecule has 0 unspecified atom stereocenters. The molecule has 0 N–H and O–H groups in total. The summed E-state index contributed by atoms with van der Waals surface area (Å²) in [7, 11) is 0. The molecule has 2 aromatic carbocycles. The molecule has 5 heteroatoms. The van der Waals surface area contributed by atoms with E-state index in [0.29, 0.717) is 0 Å². The summed E-state index contributed by atoms with van der Waals surface area (Å²) in [6.45, 7) is 3.45. The Bertz CT molecular complexity index is 622. The molecule has 1 aliphatic rings. The predicted molar refractivity (Wildman–Crippen MR) is 93.8 cm³/mol. The van der Waals surface area contributed by atoms with Gasteiger partial charge < -0.3 is 9.80 Å². The second-order valence-corrected chi connectivity index (χ2v) is 6.53. The molecule has 0 spiro atoms. The van der Waals surface area contributed by atoms with Gasteiger partial charge in [-0.3, -0.25) is 0 Å². The first-order chi connectivity index (χ1) is 10.1. The first-order valence-electron chi connectivity index (χ1n) is 6.76. The van der Waals surface area contributed by atoms with E-state index in [9.17, 15) is 4.39 Å². The van der Waals surface area contributed by atoms with Crippen LogP contribution < -0.4 is 9.80 Å². The number of hydrogen-bond donors (Lipinski definition) is 0. The Labute approximate surface area is 142 Å². The molecule has 2 aromatic rings. The largest absolute Gasteiger partial charge is 0.368 e. The molecule has 0 bridgehead atoms. The summed E-state index contributed by atoms with van der Waals surface area (Å²) < 4.78 is 14.3. The maximum Gasteiger partial charge on any atom is 0.134 e. The molecule has 3 rings (SSSR count). The van der Waals surface area contributed by atoms with Gasteiger partial charge in [-0.25, -0.2) is 4.39 Å². The SMILES string of the molecule is Fc1[c]c(I)cc(N2CCN(c3ccccc3Cl)CC2)c1. The van der Waals surface area contributed by atoms with Crippen LogP contribution >= 0.6 is 34.2 Å². The number of hydrogen-bond acceptors (Lipinski definition) is 2. The lowest BCUT2D eigenvalue weighted by Crippen LogP contribution is -2.46. The quantitative estimate of drug-likeness (QED) is 0.678. The fraction of sp³-hybridized carbons (Fsp3) is 0.250. The maximum absolute atomic E-state index is 13.5. The van der Waals surface area contributed by atoms with Crippen molar-refractivity contribution in [2.75, 3.05) is 36.0 Å². The van der Waals surface area contributed by atoms with Crippen LogP contribution in [0.4, 0.5) is 15.8 Å². The first kappa shape index (κ1) is 14.9. The number of benzene rings is 2. The predicted octanol–water partition coefficient (Wildman–Crippen LogP) is 4.21. The minimum Gasteiger partial charge on any atom is -0.368 e. The van der Waals surface area contributed by atoms with Gasteiger partial charge in [-0.15, -0.1) is 0 Å². The highest BCUT2D eigenvalue weighted by Gasteiger charge is 2.19. The van der Waals surface area contributed by atoms with Gasteiger partial charge in [0.25, 0.3) is 0 Å². The van der Waals surface area contributed by atoms with Crippen LogP contribution in [0.2, 0.25) is 5.02 Å². The summed E-state index contributed by atoms with van der Waals surface area (Å²) in [5.41, 5.74) is 2.00. The van der Waals surface area contributed by atoms with E-state index < -0.39 is 0 Å². The third kappa shape index (κ3) is 3.43. The van der Waals surface area contributed by atoms with Crippen LogP contribution in [-0.4, -0.2) is 26.2 Å². The molecule has 1 heterocycles. The molecule has 1 aliphatic heterocycles. The highest BCUT2D eigenvalue weighted by molar-refractivity contribution is 14.1. The molecule has 1 fully saturated rings. The van der Waals surface area contributed by atoms with Gasteiger partial charge in [0.15, 0.2) is 0 Å². The molecule has 21 heavy (non-hydrogen) atoms. The zero-order valence-electron chi connectivity index (χ0n) is 11.3. The van der Waals surface area contributed by atoms with Gasteiger partial charge in [0.1, 0.15) is 5.82 Å². The van der Waals surface area contributed by atoms with Crippen molar-refractivity contribution in [3.8, 4) is 0 Å². The summed E-state index contributed by atoms with van der Waals surface area (Å²) >= 11 is 8.34. The number of rotatable bonds is 2. The average Bonchev–Trinajstić information content (AvgIpc) is 2.47. The van der Waals surface area contributed by atoms with E-state index in [4.69, 9.17) is 11.6 Å². The fourth-order valence-electron chi connectivity index (χ4n) is 2.58. The smallest absolute Gasteiger partial charge is 0.134 e. The molecule has 0 amide bonds. The summed E-state index contributed by atoms with van der Waals surface area (Å²) in [6, 6.07) is 14.1. The van der Waals surface area contributed by atoms with Gasteiger partial charge in [-0.2, -0.15) is 0 Å². The number of piperazine rings is 1. The van der Waals surface area contributed by atoms with Crippen molar-refractivity contribution in [2.45, 2.75) is 0 Å². The third-order valence-corrected chi connectivity index (χ3v) is 4.53. The van der Waals surface area contributed by atoms with Crippen LogP contribution in [-0.2, 0) is 0 Å². The highest BCUT2D eigenvalue weighted by atomic mass is 127. The van der Waals surface area contributed by atoms with E-state index in [1.807, 2.05) is 30.3 Å². The van der Waals surface area contributed by atoms with Gasteiger partial charge >= 0.3 is 0 Å². The van der Waals surface area contributed by atoms with Crippen molar-refractivity contribution >= 4 is 45.6 Å². The van der Waals surface area contributed by atoms with Crippen LogP contribution in [0.5, 0.6) is 0 Å². The molecule has 1 saturated heterocycles. The lowest BCUT2D eigenvalue weighted by molar-refractivity contribution is 0.617. The van der Waals surface area contributed by atoms with E-state index >= 15 is 0 Å². The summed E-state index contributed by atoms with van der Waals surface area (Å²) in [4.78, 5) is 4.47. The van der Waals surface area contributed by atoms with Crippen LogP contribution in [0, 0.1) is 15.5 Å². The zero-order valence-corrected chi connectivity index (χ0v) is 14.2. The van der Waals surface area contributed by atoms with E-state index in [2.05, 4.69) is 38.5 Å². The van der Waals surface area contributed by atoms with Crippen molar-refractivity contribution in [3.63, 3.8) is 0 Å². The minimum absolute atomic E-state index is 0.301. The number of anilines is 2. The summed E-state index contributed by atoms with van der Waals surface area (Å²) in [5, 5.41) is 0.779. The second kappa shape index (κ2) is 6.40. The molecule has 0 aliphatic carbocycles. The number of nitrogens with zero attached hydrogens (tertiary/aromatic N) is 2. The summed E-state index contributed by atoms with van der Waals surface area (Å²) in [5.74, 6) is -0.301. The third-order valence-electron chi connectivity index (χ3n) is 3.63. The monoisotopic (exact) mass is 415 g/mol. The van der Waals surface area contributed by atoms with Crippen LogP contribution in [0.15, 0.2) is 36.4 Å². The Morgan fingerprint density at radius 3 is 2.38 bits per heavy atom. The highest BCUT2D eigenvalue weighted by Crippen LogP contribution is 2.27. The molecule has 2 nitrogen and oxygen atoms in total. The molecule has 0 aromatic heterocycles. The Morgan fingerprint density at radius 1 is 1.05 bits per heavy atom. The van der Waals surface area contributed by atoms with Crippen molar-refractivity contribution in [1.82, 2.24) is 0 Å². The van der Waals surface area contributed by atoms with E-state index in [1.165, 1.54) is 0 Å². The van der Waals surface area contributed by atoms with Gasteiger partial charge in [0, 0.05) is 41.5 Å². The molecule has 109 valence electrons. The van der Waals surface area contributed by atoms with E-state index in [-0.39, 0.29) is 5.82 Å². The van der Waals surface area contributed by atoms with Gasteiger partial charge in [-0.1, -0.05) is 23.7 Å². The molecular formula is C16H14ClFIN2. The number of para-hydroxylation sites is 1. The van der Waals surface area contributed by atoms with Crippen molar-refractivity contribution < 1.29 is 4.39 Å². The average molecular weight is 416 g/mol. The van der Waals surface area contributed by atoms with Crippen LogP contribution in [0.25, 0.3) is 0 Å². The van der Waals surface area contributed by atoms with Crippen molar-refractivity contribution in [2.24, 2.45) is 0 Å².